The number of carbonyl (C=O) groups is 1. The molecule has 1 aliphatic heterocycles. The largest absolute Gasteiger partial charge is 0.374 e. The first kappa shape index (κ1) is 30.9. The van der Waals surface area contributed by atoms with Crippen LogP contribution in [0.4, 0.5) is 5.82 Å². The van der Waals surface area contributed by atoms with Crippen molar-refractivity contribution in [2.24, 2.45) is 0 Å². The van der Waals surface area contributed by atoms with Crippen molar-refractivity contribution < 1.29 is 23.3 Å². The lowest BCUT2D eigenvalue weighted by Crippen LogP contribution is -2.39. The van der Waals surface area contributed by atoms with E-state index in [0.29, 0.717) is 29.0 Å². The molecule has 1 fully saturated rings. The summed E-state index contributed by atoms with van der Waals surface area (Å²) < 4.78 is 29.3. The summed E-state index contributed by atoms with van der Waals surface area (Å²) in [5.41, 5.74) is 1.43. The standard InChI is InChI=1S/C28H38N7O5P/c1-7-21-23(40-41(38-15-11-14-29)35(18(2)3)19(4)5)24(37-6)28(39-21)34-17-32-22-25(30-16-31-26(22)34)33-27(36)20-12-9-8-10-13-20/h8-10,12-13,16-19,21,23-24,28H,7,11,15H2,1-6H3,(H,30,31,33,36)/t21-,23+,24?,28-,41?/m1/s1. The first-order valence-electron chi connectivity index (χ1n) is 13.8. The summed E-state index contributed by atoms with van der Waals surface area (Å²) in [6, 6.07) is 11.3. The van der Waals surface area contributed by atoms with E-state index < -0.39 is 27.0 Å². The van der Waals surface area contributed by atoms with Gasteiger partial charge in [0.25, 0.3) is 14.4 Å². The lowest BCUT2D eigenvalue weighted by atomic mass is 10.1. The zero-order valence-electron chi connectivity index (χ0n) is 24.3. The van der Waals surface area contributed by atoms with E-state index in [2.05, 4.69) is 58.7 Å². The molecule has 1 aromatic carbocycles. The van der Waals surface area contributed by atoms with Gasteiger partial charge in [-0.2, -0.15) is 5.26 Å². The van der Waals surface area contributed by atoms with E-state index >= 15 is 0 Å². The molecule has 4 rings (SSSR count). The fourth-order valence-corrected chi connectivity index (χ4v) is 6.70. The van der Waals surface area contributed by atoms with Gasteiger partial charge in [-0.05, 0) is 46.2 Å². The second kappa shape index (κ2) is 14.2. The molecule has 2 unspecified atom stereocenters. The molecule has 13 heteroatoms. The van der Waals surface area contributed by atoms with Gasteiger partial charge < -0.3 is 23.8 Å². The van der Waals surface area contributed by atoms with Crippen LogP contribution in [0.25, 0.3) is 11.2 Å². The molecule has 0 saturated carbocycles. The number of methoxy groups -OCH3 is 1. The number of carbonyl (C=O) groups excluding carboxylic acids is 1. The predicted molar refractivity (Wildman–Crippen MR) is 155 cm³/mol. The molecule has 41 heavy (non-hydrogen) atoms. The Kier molecular flexibility index (Phi) is 10.7. The molecule has 3 heterocycles. The van der Waals surface area contributed by atoms with E-state index in [4.69, 9.17) is 23.8 Å². The quantitative estimate of drug-likeness (QED) is 0.215. The number of benzene rings is 1. The molecule has 0 aliphatic carbocycles. The average molecular weight is 584 g/mol. The van der Waals surface area contributed by atoms with Crippen LogP contribution in [0.3, 0.4) is 0 Å². The van der Waals surface area contributed by atoms with Crippen LogP contribution in [0.1, 0.15) is 64.0 Å². The number of hydrogen-bond acceptors (Lipinski definition) is 10. The second-order valence-electron chi connectivity index (χ2n) is 10.2. The van der Waals surface area contributed by atoms with Gasteiger partial charge >= 0.3 is 0 Å². The molecule has 0 bridgehead atoms. The fraction of sp³-hybridized carbons (Fsp3) is 0.536. The zero-order valence-corrected chi connectivity index (χ0v) is 25.2. The number of nitriles is 1. The molecule has 0 radical (unpaired) electrons. The number of anilines is 1. The third-order valence-electron chi connectivity index (χ3n) is 6.74. The minimum atomic E-state index is -1.51. The summed E-state index contributed by atoms with van der Waals surface area (Å²) in [4.78, 5) is 26.0. The normalized spacial score (nSPS) is 21.6. The predicted octanol–water partition coefficient (Wildman–Crippen LogP) is 5.06. The molecule has 1 saturated heterocycles. The van der Waals surface area contributed by atoms with Gasteiger partial charge in [0.1, 0.15) is 18.5 Å². The van der Waals surface area contributed by atoms with Gasteiger partial charge in [-0.3, -0.25) is 9.36 Å². The van der Waals surface area contributed by atoms with E-state index in [9.17, 15) is 4.79 Å². The van der Waals surface area contributed by atoms with Crippen LogP contribution >= 0.6 is 8.53 Å². The Morgan fingerprint density at radius 3 is 2.54 bits per heavy atom. The third kappa shape index (κ3) is 6.89. The fourth-order valence-electron chi connectivity index (χ4n) is 4.94. The Labute approximate surface area is 241 Å². The molecule has 220 valence electrons. The number of nitrogens with zero attached hydrogens (tertiary/aromatic N) is 6. The maximum absolute atomic E-state index is 12.8. The van der Waals surface area contributed by atoms with E-state index in [1.807, 2.05) is 13.0 Å². The lowest BCUT2D eigenvalue weighted by molar-refractivity contribution is -0.0494. The van der Waals surface area contributed by atoms with E-state index in [-0.39, 0.29) is 37.1 Å². The molecular formula is C28H38N7O5P. The Morgan fingerprint density at radius 1 is 1.17 bits per heavy atom. The third-order valence-corrected chi connectivity index (χ3v) is 8.86. The molecule has 5 atom stereocenters. The van der Waals surface area contributed by atoms with Crippen molar-refractivity contribution in [2.75, 3.05) is 19.0 Å². The molecule has 3 aromatic rings. The minimum Gasteiger partial charge on any atom is -0.374 e. The van der Waals surface area contributed by atoms with Crippen LogP contribution in [0, 0.1) is 11.3 Å². The summed E-state index contributed by atoms with van der Waals surface area (Å²) in [5, 5.41) is 11.9. The SMILES string of the molecule is CC[C@H]1O[C@@H](n2cnc3c(NC(=O)c4ccccc4)ncnc32)C(OC)[C@H]1OP(OCCC#N)N(C(C)C)C(C)C. The summed E-state index contributed by atoms with van der Waals surface area (Å²) in [6.45, 7) is 10.7. The summed E-state index contributed by atoms with van der Waals surface area (Å²) in [5.74, 6) is 0.00416. The summed E-state index contributed by atoms with van der Waals surface area (Å²) >= 11 is 0. The van der Waals surface area contributed by atoms with Crippen LogP contribution in [-0.2, 0) is 18.5 Å². The molecule has 1 amide bonds. The molecular weight excluding hydrogens is 545 g/mol. The highest BCUT2D eigenvalue weighted by molar-refractivity contribution is 7.44. The molecule has 1 N–H and O–H groups in total. The molecule has 1 aliphatic rings. The number of aromatic nitrogens is 4. The van der Waals surface area contributed by atoms with Crippen molar-refractivity contribution in [1.82, 2.24) is 24.2 Å². The Balaban J connectivity index is 1.62. The molecule has 2 aromatic heterocycles. The van der Waals surface area contributed by atoms with Crippen LogP contribution in [0.5, 0.6) is 0 Å². The topological polar surface area (TPSA) is 137 Å². The van der Waals surface area contributed by atoms with Crippen molar-refractivity contribution in [3.8, 4) is 6.07 Å². The first-order chi connectivity index (χ1) is 19.8. The van der Waals surface area contributed by atoms with Gasteiger partial charge in [0.05, 0.1) is 31.5 Å². The highest BCUT2D eigenvalue weighted by Crippen LogP contribution is 2.51. The Hall–Kier alpha value is -3.04. The minimum absolute atomic E-state index is 0.154. The van der Waals surface area contributed by atoms with Crippen molar-refractivity contribution in [3.63, 3.8) is 0 Å². The lowest BCUT2D eigenvalue weighted by Gasteiger charge is -2.38. The monoisotopic (exact) mass is 583 g/mol. The van der Waals surface area contributed by atoms with Gasteiger partial charge in [0.15, 0.2) is 23.2 Å². The highest BCUT2D eigenvalue weighted by atomic mass is 31.2. The van der Waals surface area contributed by atoms with Crippen molar-refractivity contribution in [3.05, 3.63) is 48.5 Å². The number of imidazole rings is 1. The summed E-state index contributed by atoms with van der Waals surface area (Å²) in [6.07, 6.45) is 2.07. The van der Waals surface area contributed by atoms with E-state index in [1.165, 1.54) is 6.33 Å². The van der Waals surface area contributed by atoms with Crippen LogP contribution < -0.4 is 5.32 Å². The zero-order chi connectivity index (χ0) is 29.5. The Morgan fingerprint density at radius 2 is 1.90 bits per heavy atom. The van der Waals surface area contributed by atoms with Crippen molar-refractivity contribution >= 4 is 31.4 Å². The first-order valence-corrected chi connectivity index (χ1v) is 14.9. The maximum Gasteiger partial charge on any atom is 0.259 e. The smallest absolute Gasteiger partial charge is 0.259 e. The maximum atomic E-state index is 12.8. The van der Waals surface area contributed by atoms with Crippen molar-refractivity contribution in [1.29, 1.82) is 5.26 Å². The van der Waals surface area contributed by atoms with Crippen LogP contribution in [-0.4, -0.2) is 74.2 Å². The average Bonchev–Trinajstić information content (AvgIpc) is 3.54. The number of amides is 1. The van der Waals surface area contributed by atoms with Gasteiger partial charge in [-0.25, -0.2) is 19.6 Å². The van der Waals surface area contributed by atoms with Gasteiger partial charge in [0.2, 0.25) is 0 Å². The van der Waals surface area contributed by atoms with Gasteiger partial charge in [-0.1, -0.05) is 25.1 Å². The van der Waals surface area contributed by atoms with E-state index in [1.54, 1.807) is 42.3 Å². The number of ether oxygens (including phenoxy) is 2. The highest BCUT2D eigenvalue weighted by Gasteiger charge is 2.49. The van der Waals surface area contributed by atoms with Crippen LogP contribution in [0.15, 0.2) is 43.0 Å². The Bertz CT molecular complexity index is 1320. The second-order valence-corrected chi connectivity index (χ2v) is 11.6. The number of nitrogens with one attached hydrogen (secondary N) is 1. The van der Waals surface area contributed by atoms with Crippen molar-refractivity contribution in [2.45, 2.75) is 84.1 Å². The number of hydrogen-bond donors (Lipinski definition) is 1. The van der Waals surface area contributed by atoms with Gasteiger partial charge in [0, 0.05) is 24.8 Å². The molecule has 12 nitrogen and oxygen atoms in total. The van der Waals surface area contributed by atoms with Gasteiger partial charge in [-0.15, -0.1) is 0 Å². The van der Waals surface area contributed by atoms with Crippen LogP contribution in [0.2, 0.25) is 0 Å². The summed E-state index contributed by atoms with van der Waals surface area (Å²) in [7, 11) is 0.107. The molecule has 0 spiro atoms. The number of fused-ring (bicyclic) bond motifs is 1. The van der Waals surface area contributed by atoms with E-state index in [0.717, 1.165) is 0 Å². The number of rotatable bonds is 13.